The van der Waals surface area contributed by atoms with E-state index in [0.717, 1.165) is 42.1 Å². The molecule has 1 fully saturated rings. The molecular formula is C24H23N5O4. The maximum absolute atomic E-state index is 12.9. The third-order valence-electron chi connectivity index (χ3n) is 6.09. The van der Waals surface area contributed by atoms with Crippen molar-refractivity contribution in [3.8, 4) is 17.0 Å². The molecule has 6 rings (SSSR count). The predicted octanol–water partition coefficient (Wildman–Crippen LogP) is 3.81. The van der Waals surface area contributed by atoms with Crippen LogP contribution in [0.5, 0.6) is 5.75 Å². The SMILES string of the molecule is O=C1NCCc2[nH]c(-c3ccncc3OCC3CCCO3)c(Nc3cccc4ocnc34)c21. The van der Waals surface area contributed by atoms with Gasteiger partial charge in [-0.3, -0.25) is 9.78 Å². The molecule has 2 aliphatic heterocycles. The minimum Gasteiger partial charge on any atom is -0.489 e. The van der Waals surface area contributed by atoms with Gasteiger partial charge in [-0.1, -0.05) is 6.07 Å². The van der Waals surface area contributed by atoms with E-state index in [2.05, 4.69) is 25.6 Å². The maximum atomic E-state index is 12.9. The first kappa shape index (κ1) is 19.8. The summed E-state index contributed by atoms with van der Waals surface area (Å²) in [5.41, 5.74) is 5.84. The van der Waals surface area contributed by atoms with Crippen molar-refractivity contribution in [2.75, 3.05) is 25.1 Å². The number of carbonyl (C=O) groups is 1. The highest BCUT2D eigenvalue weighted by atomic mass is 16.5. The first-order chi connectivity index (χ1) is 16.3. The van der Waals surface area contributed by atoms with E-state index in [1.54, 1.807) is 12.4 Å². The number of ether oxygens (including phenoxy) is 2. The molecule has 1 saturated heterocycles. The Hall–Kier alpha value is -3.85. The van der Waals surface area contributed by atoms with Crippen LogP contribution in [0.2, 0.25) is 0 Å². The normalized spacial score (nSPS) is 17.7. The summed E-state index contributed by atoms with van der Waals surface area (Å²) in [6, 6.07) is 7.54. The highest BCUT2D eigenvalue weighted by Crippen LogP contribution is 2.41. The number of benzene rings is 1. The van der Waals surface area contributed by atoms with Crippen molar-refractivity contribution in [1.29, 1.82) is 0 Å². The molecule has 9 nitrogen and oxygen atoms in total. The Balaban J connectivity index is 1.44. The van der Waals surface area contributed by atoms with Gasteiger partial charge in [-0.15, -0.1) is 0 Å². The number of pyridine rings is 1. The Morgan fingerprint density at radius 1 is 1.27 bits per heavy atom. The molecule has 1 atom stereocenters. The van der Waals surface area contributed by atoms with Crippen molar-refractivity contribution < 1.29 is 18.7 Å². The molecule has 1 aromatic carbocycles. The number of nitrogens with one attached hydrogen (secondary N) is 3. The van der Waals surface area contributed by atoms with Crippen LogP contribution in [0.15, 0.2) is 47.5 Å². The zero-order valence-corrected chi connectivity index (χ0v) is 17.9. The number of aromatic nitrogens is 3. The van der Waals surface area contributed by atoms with Gasteiger partial charge in [0.15, 0.2) is 12.0 Å². The van der Waals surface area contributed by atoms with Crippen LogP contribution in [0.3, 0.4) is 0 Å². The summed E-state index contributed by atoms with van der Waals surface area (Å²) >= 11 is 0. The van der Waals surface area contributed by atoms with E-state index in [4.69, 9.17) is 13.9 Å². The standard InChI is InChI=1S/C24H23N5O4/c30-24-20-16(7-9-26-24)28-21(23(20)29-17-4-1-5-18-22(17)27-13-33-18)15-6-8-25-11-19(15)32-12-14-3-2-10-31-14/h1,4-6,8,11,13-14,28-29H,2-3,7,9-10,12H2,(H,26,30). The average Bonchev–Trinajstić information content (AvgIpc) is 3.59. The molecule has 3 N–H and O–H groups in total. The Morgan fingerprint density at radius 3 is 3.15 bits per heavy atom. The van der Waals surface area contributed by atoms with Gasteiger partial charge in [0.25, 0.3) is 5.91 Å². The first-order valence-corrected chi connectivity index (χ1v) is 11.1. The summed E-state index contributed by atoms with van der Waals surface area (Å²) in [5, 5.41) is 6.39. The van der Waals surface area contributed by atoms with E-state index < -0.39 is 0 Å². The van der Waals surface area contributed by atoms with Crippen molar-refractivity contribution in [1.82, 2.24) is 20.3 Å². The number of anilines is 2. The van der Waals surface area contributed by atoms with Crippen LogP contribution in [-0.2, 0) is 11.2 Å². The third kappa shape index (κ3) is 3.60. The molecule has 4 aromatic rings. The van der Waals surface area contributed by atoms with Crippen LogP contribution in [-0.4, -0.2) is 46.7 Å². The van der Waals surface area contributed by atoms with Crippen molar-refractivity contribution in [2.24, 2.45) is 0 Å². The van der Waals surface area contributed by atoms with Crippen LogP contribution in [0.4, 0.5) is 11.4 Å². The third-order valence-corrected chi connectivity index (χ3v) is 6.09. The fourth-order valence-corrected chi connectivity index (χ4v) is 4.49. The summed E-state index contributed by atoms with van der Waals surface area (Å²) < 4.78 is 17.3. The largest absolute Gasteiger partial charge is 0.489 e. The Kier molecular flexibility index (Phi) is 4.95. The molecule has 3 aromatic heterocycles. The number of hydrogen-bond acceptors (Lipinski definition) is 7. The minimum absolute atomic E-state index is 0.0862. The molecule has 0 spiro atoms. The highest BCUT2D eigenvalue weighted by Gasteiger charge is 2.29. The number of aromatic amines is 1. The molecule has 1 amide bonds. The number of rotatable bonds is 6. The molecule has 2 aliphatic rings. The molecule has 9 heteroatoms. The second kappa shape index (κ2) is 8.25. The van der Waals surface area contributed by atoms with Gasteiger partial charge in [-0.25, -0.2) is 4.98 Å². The monoisotopic (exact) mass is 445 g/mol. The number of fused-ring (bicyclic) bond motifs is 2. The number of hydrogen-bond donors (Lipinski definition) is 3. The van der Waals surface area contributed by atoms with Gasteiger partial charge in [0.05, 0.1) is 34.9 Å². The smallest absolute Gasteiger partial charge is 0.255 e. The Bertz CT molecular complexity index is 1320. The molecule has 0 radical (unpaired) electrons. The lowest BCUT2D eigenvalue weighted by Crippen LogP contribution is -2.31. The van der Waals surface area contributed by atoms with Gasteiger partial charge in [-0.05, 0) is 31.0 Å². The van der Waals surface area contributed by atoms with Gasteiger partial charge in [0, 0.05) is 37.0 Å². The fourth-order valence-electron chi connectivity index (χ4n) is 4.49. The number of oxazole rings is 1. The number of carbonyl (C=O) groups excluding carboxylic acids is 1. The molecule has 0 saturated carbocycles. The van der Waals surface area contributed by atoms with Crippen molar-refractivity contribution in [2.45, 2.75) is 25.4 Å². The Labute approximate surface area is 189 Å². The summed E-state index contributed by atoms with van der Waals surface area (Å²) in [6.45, 7) is 1.82. The van der Waals surface area contributed by atoms with Crippen LogP contribution >= 0.6 is 0 Å². The second-order valence-corrected chi connectivity index (χ2v) is 8.18. The maximum Gasteiger partial charge on any atom is 0.255 e. The molecule has 168 valence electrons. The summed E-state index contributed by atoms with van der Waals surface area (Å²) in [4.78, 5) is 24.9. The number of H-pyrrole nitrogens is 1. The number of nitrogens with zero attached hydrogens (tertiary/aromatic N) is 2. The molecular weight excluding hydrogens is 422 g/mol. The van der Waals surface area contributed by atoms with E-state index in [9.17, 15) is 4.79 Å². The van der Waals surface area contributed by atoms with Crippen LogP contribution in [0.1, 0.15) is 28.9 Å². The fraction of sp³-hybridized carbons (Fsp3) is 0.292. The van der Waals surface area contributed by atoms with Crippen molar-refractivity contribution in [3.05, 3.63) is 54.3 Å². The zero-order valence-electron chi connectivity index (χ0n) is 17.9. The first-order valence-electron chi connectivity index (χ1n) is 11.1. The van der Waals surface area contributed by atoms with E-state index in [0.29, 0.717) is 47.7 Å². The van der Waals surface area contributed by atoms with Gasteiger partial charge in [0.2, 0.25) is 0 Å². The molecule has 0 aliphatic carbocycles. The topological polar surface area (TPSA) is 114 Å². The molecule has 5 heterocycles. The second-order valence-electron chi connectivity index (χ2n) is 8.18. The van der Waals surface area contributed by atoms with Gasteiger partial charge < -0.3 is 29.5 Å². The van der Waals surface area contributed by atoms with Crippen molar-refractivity contribution in [3.63, 3.8) is 0 Å². The van der Waals surface area contributed by atoms with E-state index in [-0.39, 0.29) is 12.0 Å². The lowest BCUT2D eigenvalue weighted by atomic mass is 10.0. The van der Waals surface area contributed by atoms with Gasteiger partial charge >= 0.3 is 0 Å². The van der Waals surface area contributed by atoms with Crippen molar-refractivity contribution >= 4 is 28.4 Å². The summed E-state index contributed by atoms with van der Waals surface area (Å²) in [7, 11) is 0. The predicted molar refractivity (Wildman–Crippen MR) is 122 cm³/mol. The van der Waals surface area contributed by atoms with Crippen LogP contribution in [0.25, 0.3) is 22.4 Å². The zero-order chi connectivity index (χ0) is 22.2. The number of amides is 1. The van der Waals surface area contributed by atoms with E-state index >= 15 is 0 Å². The number of para-hydroxylation sites is 1. The lowest BCUT2D eigenvalue weighted by Gasteiger charge is -2.16. The lowest BCUT2D eigenvalue weighted by molar-refractivity contribution is 0.0680. The molecule has 0 bridgehead atoms. The highest BCUT2D eigenvalue weighted by molar-refractivity contribution is 6.07. The molecule has 1 unspecified atom stereocenters. The Morgan fingerprint density at radius 2 is 2.24 bits per heavy atom. The molecule has 33 heavy (non-hydrogen) atoms. The quantitative estimate of drug-likeness (QED) is 0.413. The van der Waals surface area contributed by atoms with Gasteiger partial charge in [-0.2, -0.15) is 0 Å². The average molecular weight is 445 g/mol. The summed E-state index contributed by atoms with van der Waals surface area (Å²) in [6.07, 6.45) is 7.66. The van der Waals surface area contributed by atoms with Crippen LogP contribution in [0, 0.1) is 0 Å². The minimum atomic E-state index is -0.121. The van der Waals surface area contributed by atoms with E-state index in [1.165, 1.54) is 6.39 Å². The summed E-state index contributed by atoms with van der Waals surface area (Å²) in [5.74, 6) is 0.513. The van der Waals surface area contributed by atoms with E-state index in [1.807, 2.05) is 24.3 Å². The van der Waals surface area contributed by atoms with Gasteiger partial charge in [0.1, 0.15) is 17.9 Å². The van der Waals surface area contributed by atoms with Crippen LogP contribution < -0.4 is 15.4 Å².